The first-order chi connectivity index (χ1) is 18.4. The molecule has 2 aliphatic heterocycles. The van der Waals surface area contributed by atoms with E-state index in [0.717, 1.165) is 61.7 Å². The standard InChI is InChI=1S/C30H40ClN3O3S/c1-4-8-23-17-25(31)10-12-27(23)24-19-34-16-14-22(5-2)9-6-7-15-32-21(3)30(35)33-38(36)26-11-13-29(37-20-24)28(34)18-26/h6-7,10-13,17-18,21-22,24,32H,4-5,8-9,14-16,19-20H2,1-3H3,(H,33,35)/b7-6+/t21-,22?,24?,38?/m1/s1. The number of fused-ring (bicyclic) bond motifs is 1. The largest absolute Gasteiger partial charge is 0.491 e. The van der Waals surface area contributed by atoms with Gasteiger partial charge in [-0.05, 0) is 73.6 Å². The Labute approximate surface area is 234 Å². The summed E-state index contributed by atoms with van der Waals surface area (Å²) in [6.07, 6.45) is 9.46. The second-order valence-electron chi connectivity index (χ2n) is 10.3. The molecule has 2 N–H and O–H groups in total. The molecule has 3 unspecified atom stereocenters. The third-order valence-corrected chi connectivity index (χ3v) is 8.88. The zero-order valence-corrected chi connectivity index (χ0v) is 24.2. The predicted octanol–water partition coefficient (Wildman–Crippen LogP) is 5.77. The molecule has 2 aromatic carbocycles. The number of benzene rings is 2. The van der Waals surface area contributed by atoms with E-state index in [1.165, 1.54) is 11.1 Å². The lowest BCUT2D eigenvalue weighted by Crippen LogP contribution is -2.42. The molecule has 2 aliphatic rings. The SMILES string of the molecule is CCCc1cc(Cl)ccc1C1COc2ccc3cc2N(CCC(CC)C/C=C/CN[C@H](C)C(=O)NS3=O)C1. The maximum atomic E-state index is 13.1. The molecule has 4 rings (SSSR count). The van der Waals surface area contributed by atoms with Crippen molar-refractivity contribution in [2.75, 3.05) is 31.1 Å². The van der Waals surface area contributed by atoms with E-state index in [2.05, 4.69) is 53.1 Å². The van der Waals surface area contributed by atoms with Crippen LogP contribution in [0, 0.1) is 5.92 Å². The average molecular weight is 558 g/mol. The summed E-state index contributed by atoms with van der Waals surface area (Å²) in [6.45, 7) is 9.04. The summed E-state index contributed by atoms with van der Waals surface area (Å²) in [6, 6.07) is 11.4. The molecular weight excluding hydrogens is 518 g/mol. The average Bonchev–Trinajstić information content (AvgIpc) is 3.09. The van der Waals surface area contributed by atoms with Gasteiger partial charge in [0.05, 0.1) is 23.2 Å². The van der Waals surface area contributed by atoms with Gasteiger partial charge < -0.3 is 15.0 Å². The molecule has 4 atom stereocenters. The molecule has 0 aromatic heterocycles. The lowest BCUT2D eigenvalue weighted by atomic mass is 9.91. The van der Waals surface area contributed by atoms with Crippen LogP contribution in [-0.2, 0) is 22.2 Å². The Morgan fingerprint density at radius 3 is 2.79 bits per heavy atom. The molecule has 0 spiro atoms. The second-order valence-corrected chi connectivity index (χ2v) is 12.0. The van der Waals surface area contributed by atoms with Crippen LogP contribution in [0.4, 0.5) is 5.69 Å². The summed E-state index contributed by atoms with van der Waals surface area (Å²) in [4.78, 5) is 15.6. The molecule has 6 nitrogen and oxygen atoms in total. The number of hydrogen-bond acceptors (Lipinski definition) is 5. The molecule has 2 heterocycles. The lowest BCUT2D eigenvalue weighted by molar-refractivity contribution is -0.120. The number of nitrogens with one attached hydrogen (secondary N) is 2. The molecule has 8 heteroatoms. The summed E-state index contributed by atoms with van der Waals surface area (Å²) < 4.78 is 22.2. The number of nitrogens with zero attached hydrogens (tertiary/aromatic N) is 1. The Morgan fingerprint density at radius 2 is 2.00 bits per heavy atom. The van der Waals surface area contributed by atoms with Crippen LogP contribution in [0.5, 0.6) is 5.75 Å². The zero-order chi connectivity index (χ0) is 27.1. The van der Waals surface area contributed by atoms with Gasteiger partial charge in [-0.3, -0.25) is 9.52 Å². The molecule has 206 valence electrons. The van der Waals surface area contributed by atoms with E-state index in [9.17, 15) is 9.00 Å². The van der Waals surface area contributed by atoms with Gasteiger partial charge in [-0.25, -0.2) is 4.21 Å². The number of allylic oxidation sites excluding steroid dienone is 1. The highest BCUT2D eigenvalue weighted by molar-refractivity contribution is 7.83. The van der Waals surface area contributed by atoms with Gasteiger partial charge in [0.1, 0.15) is 5.75 Å². The third kappa shape index (κ3) is 7.19. The summed E-state index contributed by atoms with van der Waals surface area (Å²) in [5.41, 5.74) is 3.49. The topological polar surface area (TPSA) is 70.7 Å². The first-order valence-electron chi connectivity index (χ1n) is 13.8. The Morgan fingerprint density at radius 1 is 1.16 bits per heavy atom. The van der Waals surface area contributed by atoms with E-state index in [1.54, 1.807) is 13.0 Å². The molecule has 0 saturated carbocycles. The van der Waals surface area contributed by atoms with Crippen molar-refractivity contribution in [1.82, 2.24) is 10.0 Å². The molecule has 2 aromatic rings. The van der Waals surface area contributed by atoms with Crippen molar-refractivity contribution in [1.29, 1.82) is 0 Å². The number of halogens is 1. The van der Waals surface area contributed by atoms with Crippen LogP contribution in [-0.4, -0.2) is 42.4 Å². The smallest absolute Gasteiger partial charge is 0.248 e. The summed E-state index contributed by atoms with van der Waals surface area (Å²) in [5.74, 6) is 1.22. The summed E-state index contributed by atoms with van der Waals surface area (Å²) >= 11 is 6.36. The number of ether oxygens (including phenoxy) is 1. The minimum absolute atomic E-state index is 0.173. The number of amides is 1. The summed E-state index contributed by atoms with van der Waals surface area (Å²) in [5, 5.41) is 3.95. The van der Waals surface area contributed by atoms with E-state index >= 15 is 0 Å². The van der Waals surface area contributed by atoms with Crippen LogP contribution in [0.3, 0.4) is 0 Å². The molecular formula is C30H40ClN3O3S. The van der Waals surface area contributed by atoms with Gasteiger partial charge in [-0.15, -0.1) is 0 Å². The molecule has 0 saturated heterocycles. The van der Waals surface area contributed by atoms with Crippen molar-refractivity contribution in [3.05, 3.63) is 64.7 Å². The van der Waals surface area contributed by atoms with Crippen molar-refractivity contribution < 1.29 is 13.7 Å². The fraction of sp³-hybridized carbons (Fsp3) is 0.500. The predicted molar refractivity (Wildman–Crippen MR) is 157 cm³/mol. The van der Waals surface area contributed by atoms with Crippen molar-refractivity contribution in [3.8, 4) is 5.75 Å². The van der Waals surface area contributed by atoms with Crippen LogP contribution in [0.25, 0.3) is 0 Å². The van der Waals surface area contributed by atoms with Crippen molar-refractivity contribution in [2.24, 2.45) is 5.92 Å². The molecule has 0 radical (unpaired) electrons. The third-order valence-electron chi connectivity index (χ3n) is 7.58. The van der Waals surface area contributed by atoms with Crippen molar-refractivity contribution in [3.63, 3.8) is 0 Å². The first-order valence-corrected chi connectivity index (χ1v) is 15.3. The van der Waals surface area contributed by atoms with Gasteiger partial charge >= 0.3 is 0 Å². The minimum Gasteiger partial charge on any atom is -0.491 e. The van der Waals surface area contributed by atoms with Crippen LogP contribution < -0.4 is 19.7 Å². The van der Waals surface area contributed by atoms with Crippen molar-refractivity contribution >= 4 is 34.2 Å². The number of aryl methyl sites for hydroxylation is 1. The fourth-order valence-electron chi connectivity index (χ4n) is 5.22. The van der Waals surface area contributed by atoms with E-state index in [0.29, 0.717) is 24.0 Å². The van der Waals surface area contributed by atoms with Crippen LogP contribution in [0.2, 0.25) is 5.02 Å². The maximum absolute atomic E-state index is 13.1. The maximum Gasteiger partial charge on any atom is 0.248 e. The fourth-order valence-corrected chi connectivity index (χ4v) is 6.31. The van der Waals surface area contributed by atoms with Gasteiger partial charge in [0, 0.05) is 30.6 Å². The Balaban J connectivity index is 1.70. The van der Waals surface area contributed by atoms with Gasteiger partial charge in [0.2, 0.25) is 5.91 Å². The van der Waals surface area contributed by atoms with Gasteiger partial charge in [-0.2, -0.15) is 0 Å². The first kappa shape index (κ1) is 28.7. The van der Waals surface area contributed by atoms with E-state index in [-0.39, 0.29) is 11.8 Å². The number of carbonyl (C=O) groups is 1. The number of rotatable bonds is 4. The molecule has 0 aliphatic carbocycles. The lowest BCUT2D eigenvalue weighted by Gasteiger charge is -2.29. The molecule has 1 amide bonds. The quantitative estimate of drug-likeness (QED) is 0.467. The minimum atomic E-state index is -1.67. The van der Waals surface area contributed by atoms with E-state index < -0.39 is 17.0 Å². The van der Waals surface area contributed by atoms with Gasteiger partial charge in [0.25, 0.3) is 0 Å². The highest BCUT2D eigenvalue weighted by Gasteiger charge is 2.27. The van der Waals surface area contributed by atoms with Crippen LogP contribution in [0.15, 0.2) is 53.4 Å². The van der Waals surface area contributed by atoms with Crippen molar-refractivity contribution in [2.45, 2.75) is 69.7 Å². The number of hydrogen-bond donors (Lipinski definition) is 2. The van der Waals surface area contributed by atoms with Crippen LogP contribution >= 0.6 is 11.6 Å². The Kier molecular flexibility index (Phi) is 10.3. The monoisotopic (exact) mass is 557 g/mol. The van der Waals surface area contributed by atoms with Crippen LogP contribution in [0.1, 0.15) is 63.5 Å². The van der Waals surface area contributed by atoms with E-state index in [4.69, 9.17) is 16.3 Å². The number of anilines is 1. The highest BCUT2D eigenvalue weighted by atomic mass is 35.5. The Hall–Kier alpha value is -2.35. The second kappa shape index (κ2) is 13.6. The van der Waals surface area contributed by atoms with E-state index in [1.807, 2.05) is 18.2 Å². The molecule has 0 fully saturated rings. The van der Waals surface area contributed by atoms with Gasteiger partial charge in [-0.1, -0.05) is 56.5 Å². The molecule has 38 heavy (non-hydrogen) atoms. The summed E-state index contributed by atoms with van der Waals surface area (Å²) in [7, 11) is -1.67. The normalized spacial score (nSPS) is 25.7. The Bertz CT molecular complexity index is 1170. The zero-order valence-electron chi connectivity index (χ0n) is 22.7. The van der Waals surface area contributed by atoms with Gasteiger partial charge in [0.15, 0.2) is 11.0 Å². The molecule has 2 bridgehead atoms. The number of carbonyl (C=O) groups excluding carboxylic acids is 1. The highest BCUT2D eigenvalue weighted by Crippen LogP contribution is 2.38.